The molecule has 1 aliphatic rings. The number of hydrogen-bond donors (Lipinski definition) is 0. The summed E-state index contributed by atoms with van der Waals surface area (Å²) in [4.78, 5) is 0. The van der Waals surface area contributed by atoms with Gasteiger partial charge in [-0.25, -0.2) is 0 Å². The van der Waals surface area contributed by atoms with Crippen molar-refractivity contribution in [1.82, 2.24) is 0 Å². The smallest absolute Gasteiger partial charge is 0.0697 e. The Morgan fingerprint density at radius 1 is 0.750 bits per heavy atom. The number of rotatable bonds is 2. The van der Waals surface area contributed by atoms with Gasteiger partial charge in [0.15, 0.2) is 0 Å². The van der Waals surface area contributed by atoms with Crippen molar-refractivity contribution in [3.8, 4) is 11.1 Å². The molecule has 2 aromatic carbocycles. The summed E-state index contributed by atoms with van der Waals surface area (Å²) in [6.07, 6.45) is 5.50. The molecule has 0 amide bonds. The van der Waals surface area contributed by atoms with Crippen molar-refractivity contribution in [3.63, 3.8) is 0 Å². The highest BCUT2D eigenvalue weighted by Crippen LogP contribution is 2.37. The Labute approximate surface area is 131 Å². The van der Waals surface area contributed by atoms with Crippen LogP contribution in [0.15, 0.2) is 53.0 Å². The van der Waals surface area contributed by atoms with Crippen LogP contribution in [0.5, 0.6) is 0 Å². The molecule has 0 atom stereocenters. The van der Waals surface area contributed by atoms with Crippen molar-refractivity contribution in [2.45, 2.75) is 37.4 Å². The summed E-state index contributed by atoms with van der Waals surface area (Å²) in [5.74, 6) is 1.71. The predicted octanol–water partition coefficient (Wildman–Crippen LogP) is 5.20. The van der Waals surface area contributed by atoms with E-state index in [4.69, 9.17) is 0 Å². The average molecular weight is 327 g/mol. The summed E-state index contributed by atoms with van der Waals surface area (Å²) in [7, 11) is 2.38. The molecular weight excluding hydrogens is 307 g/mol. The van der Waals surface area contributed by atoms with Crippen LogP contribution < -0.4 is 0 Å². The van der Waals surface area contributed by atoms with E-state index < -0.39 is 0 Å². The minimum Gasteiger partial charge on any atom is -0.0697 e. The monoisotopic (exact) mass is 326 g/mol. The Morgan fingerprint density at radius 3 is 1.80 bits per heavy atom. The van der Waals surface area contributed by atoms with E-state index in [0.717, 1.165) is 16.2 Å². The largest absolute Gasteiger partial charge is 0.105 e. The predicted molar refractivity (Wildman–Crippen MR) is 93.1 cm³/mol. The maximum Gasteiger partial charge on any atom is 0.105 e. The van der Waals surface area contributed by atoms with Gasteiger partial charge in [-0.1, -0.05) is 71.0 Å². The average Bonchev–Trinajstić information content (AvgIpc) is 2.49. The van der Waals surface area contributed by atoms with E-state index in [0.29, 0.717) is 0 Å². The Bertz CT molecular complexity index is 551. The van der Waals surface area contributed by atoms with Crippen LogP contribution in [0.25, 0.3) is 11.1 Å². The van der Waals surface area contributed by atoms with Gasteiger partial charge in [0.2, 0.25) is 0 Å². The van der Waals surface area contributed by atoms with Crippen molar-refractivity contribution in [3.05, 3.63) is 58.6 Å². The highest BCUT2D eigenvalue weighted by molar-refractivity contribution is 9.10. The summed E-state index contributed by atoms with van der Waals surface area (Å²) < 4.78 is 1.13. The van der Waals surface area contributed by atoms with Crippen molar-refractivity contribution in [1.29, 1.82) is 0 Å². The van der Waals surface area contributed by atoms with E-state index in [-0.39, 0.29) is 0 Å². The van der Waals surface area contributed by atoms with E-state index in [9.17, 15) is 0 Å². The van der Waals surface area contributed by atoms with E-state index in [1.807, 2.05) is 0 Å². The third kappa shape index (κ3) is 3.17. The molecule has 0 spiro atoms. The molecule has 0 unspecified atom stereocenters. The van der Waals surface area contributed by atoms with Crippen LogP contribution >= 0.6 is 15.9 Å². The van der Waals surface area contributed by atoms with Crippen molar-refractivity contribution < 1.29 is 0 Å². The zero-order valence-electron chi connectivity index (χ0n) is 12.0. The third-order valence-corrected chi connectivity index (χ3v) is 5.10. The lowest BCUT2D eigenvalue weighted by Crippen LogP contribution is -2.09. The molecule has 0 radical (unpaired) electrons. The van der Waals surface area contributed by atoms with E-state index in [1.54, 1.807) is 0 Å². The molecule has 2 heteroatoms. The van der Waals surface area contributed by atoms with E-state index >= 15 is 0 Å². The molecular formula is C18H20BBr. The highest BCUT2D eigenvalue weighted by Gasteiger charge is 2.19. The van der Waals surface area contributed by atoms with Crippen LogP contribution in [0.1, 0.15) is 37.2 Å². The number of halogens is 1. The first kappa shape index (κ1) is 13.9. The maximum absolute atomic E-state index is 3.49. The van der Waals surface area contributed by atoms with Crippen LogP contribution in [-0.4, -0.2) is 7.85 Å². The second kappa shape index (κ2) is 6.18. The molecule has 2 aromatic rings. The van der Waals surface area contributed by atoms with Crippen molar-refractivity contribution >= 4 is 23.8 Å². The zero-order valence-corrected chi connectivity index (χ0v) is 13.6. The van der Waals surface area contributed by atoms with Crippen LogP contribution in [0.3, 0.4) is 0 Å². The minimum absolute atomic E-state index is 0.783. The molecule has 1 saturated carbocycles. The van der Waals surface area contributed by atoms with Gasteiger partial charge >= 0.3 is 0 Å². The third-order valence-electron chi connectivity index (χ3n) is 4.58. The molecule has 0 heterocycles. The number of benzene rings is 2. The summed E-state index contributed by atoms with van der Waals surface area (Å²) in [6, 6.07) is 17.8. The standard InChI is InChI=1S/C18H20BBr/c19-17-9-5-15(6-10-17)13-1-3-14(4-2-13)16-7-11-18(20)12-8-16/h1-4,7-8,11-12,15,17H,5-6,9-10,19H2. The lowest BCUT2D eigenvalue weighted by Gasteiger charge is -2.26. The summed E-state index contributed by atoms with van der Waals surface area (Å²) in [5, 5.41) is 0. The fourth-order valence-electron chi connectivity index (χ4n) is 3.18. The minimum atomic E-state index is 0.783. The molecule has 1 fully saturated rings. The first-order chi connectivity index (χ1) is 9.72. The van der Waals surface area contributed by atoms with Gasteiger partial charge in [0.25, 0.3) is 0 Å². The topological polar surface area (TPSA) is 0 Å². The van der Waals surface area contributed by atoms with E-state index in [2.05, 4.69) is 72.3 Å². The van der Waals surface area contributed by atoms with Gasteiger partial charge in [-0.2, -0.15) is 0 Å². The van der Waals surface area contributed by atoms with Crippen molar-refractivity contribution in [2.75, 3.05) is 0 Å². The highest BCUT2D eigenvalue weighted by atomic mass is 79.9. The summed E-state index contributed by atoms with van der Waals surface area (Å²) in [6.45, 7) is 0. The van der Waals surface area contributed by atoms with Crippen LogP contribution in [0, 0.1) is 0 Å². The second-order valence-corrected chi connectivity index (χ2v) is 7.00. The van der Waals surface area contributed by atoms with Crippen LogP contribution in [-0.2, 0) is 0 Å². The molecule has 20 heavy (non-hydrogen) atoms. The quantitative estimate of drug-likeness (QED) is 0.666. The van der Waals surface area contributed by atoms with Gasteiger partial charge in [0, 0.05) is 4.47 Å². The SMILES string of the molecule is BC1CCC(c2ccc(-c3ccc(Br)cc3)cc2)CC1. The van der Waals surface area contributed by atoms with Crippen LogP contribution in [0.4, 0.5) is 0 Å². The first-order valence-corrected chi connectivity index (χ1v) is 8.37. The number of hydrogen-bond acceptors (Lipinski definition) is 0. The van der Waals surface area contributed by atoms with Crippen molar-refractivity contribution in [2.24, 2.45) is 0 Å². The maximum atomic E-state index is 3.49. The molecule has 0 N–H and O–H groups in total. The molecule has 3 rings (SSSR count). The second-order valence-electron chi connectivity index (χ2n) is 6.09. The summed E-state index contributed by atoms with van der Waals surface area (Å²) >= 11 is 3.49. The molecule has 0 aliphatic heterocycles. The molecule has 0 nitrogen and oxygen atoms in total. The Morgan fingerprint density at radius 2 is 1.25 bits per heavy atom. The van der Waals surface area contributed by atoms with Gasteiger partial charge in [-0.05, 0) is 47.6 Å². The fourth-order valence-corrected chi connectivity index (χ4v) is 3.45. The van der Waals surface area contributed by atoms with Crippen LogP contribution in [0.2, 0.25) is 5.82 Å². The normalized spacial score (nSPS) is 22.6. The van der Waals surface area contributed by atoms with Gasteiger partial charge in [-0.15, -0.1) is 0 Å². The summed E-state index contributed by atoms with van der Waals surface area (Å²) in [5.41, 5.74) is 4.13. The lowest BCUT2D eigenvalue weighted by atomic mass is 9.70. The molecule has 0 aromatic heterocycles. The van der Waals surface area contributed by atoms with Gasteiger partial charge in [0.1, 0.15) is 7.85 Å². The molecule has 0 saturated heterocycles. The van der Waals surface area contributed by atoms with E-state index in [1.165, 1.54) is 42.4 Å². The zero-order chi connectivity index (χ0) is 13.9. The Hall–Kier alpha value is -1.02. The van der Waals surface area contributed by atoms with Gasteiger partial charge in [-0.3, -0.25) is 0 Å². The molecule has 0 bridgehead atoms. The Balaban J connectivity index is 1.76. The fraction of sp³-hybridized carbons (Fsp3) is 0.333. The van der Waals surface area contributed by atoms with Gasteiger partial charge < -0.3 is 0 Å². The van der Waals surface area contributed by atoms with Gasteiger partial charge in [0.05, 0.1) is 0 Å². The lowest BCUT2D eigenvalue weighted by molar-refractivity contribution is 0.444. The first-order valence-electron chi connectivity index (χ1n) is 7.58. The molecule has 1 aliphatic carbocycles. The Kier molecular flexibility index (Phi) is 4.31. The molecule has 102 valence electrons.